The predicted molar refractivity (Wildman–Crippen MR) is 110 cm³/mol. The molecule has 0 atom stereocenters. The Morgan fingerprint density at radius 1 is 0.929 bits per heavy atom. The van der Waals surface area contributed by atoms with Crippen LogP contribution in [0.2, 0.25) is 5.02 Å². The monoisotopic (exact) mass is 394 g/mol. The number of carbonyl (C=O) groups is 1. The Morgan fingerprint density at radius 3 is 2.46 bits per heavy atom. The number of nitrogens with zero attached hydrogens (tertiary/aromatic N) is 1. The summed E-state index contributed by atoms with van der Waals surface area (Å²) in [5.74, 6) is 0.928. The zero-order valence-corrected chi connectivity index (χ0v) is 15.8. The highest BCUT2D eigenvalue weighted by Crippen LogP contribution is 2.17. The van der Waals surface area contributed by atoms with Gasteiger partial charge in [-0.2, -0.15) is 5.10 Å². The molecule has 28 heavy (non-hydrogen) atoms. The topological polar surface area (TPSA) is 59.9 Å². The van der Waals surface area contributed by atoms with Crippen LogP contribution >= 0.6 is 11.6 Å². The zero-order valence-electron chi connectivity index (χ0n) is 15.0. The second-order valence-corrected chi connectivity index (χ2v) is 6.32. The van der Waals surface area contributed by atoms with Gasteiger partial charge < -0.3 is 9.47 Å². The first kappa shape index (κ1) is 19.5. The van der Waals surface area contributed by atoms with Crippen LogP contribution in [0.1, 0.15) is 11.1 Å². The van der Waals surface area contributed by atoms with Crippen molar-refractivity contribution >= 4 is 23.7 Å². The van der Waals surface area contributed by atoms with Gasteiger partial charge in [-0.05, 0) is 53.6 Å². The van der Waals surface area contributed by atoms with Crippen LogP contribution < -0.4 is 14.9 Å². The number of nitrogens with one attached hydrogen (secondary N) is 1. The summed E-state index contributed by atoms with van der Waals surface area (Å²) < 4.78 is 11.1. The van der Waals surface area contributed by atoms with Gasteiger partial charge in [0.15, 0.2) is 6.61 Å². The van der Waals surface area contributed by atoms with Crippen molar-refractivity contribution < 1.29 is 14.3 Å². The van der Waals surface area contributed by atoms with Gasteiger partial charge in [0.2, 0.25) is 0 Å². The third kappa shape index (κ3) is 6.45. The predicted octanol–water partition coefficient (Wildman–Crippen LogP) is 4.45. The number of amides is 1. The fourth-order valence-electron chi connectivity index (χ4n) is 2.31. The molecule has 0 radical (unpaired) electrons. The number of hydrogen-bond donors (Lipinski definition) is 1. The Labute approximate surface area is 168 Å². The van der Waals surface area contributed by atoms with E-state index in [0.717, 1.165) is 16.9 Å². The van der Waals surface area contributed by atoms with E-state index in [1.165, 1.54) is 0 Å². The molecular formula is C22H19ClN2O3. The van der Waals surface area contributed by atoms with Crippen molar-refractivity contribution in [2.75, 3.05) is 6.61 Å². The van der Waals surface area contributed by atoms with Crippen molar-refractivity contribution in [3.8, 4) is 11.5 Å². The van der Waals surface area contributed by atoms with E-state index in [4.69, 9.17) is 21.1 Å². The summed E-state index contributed by atoms with van der Waals surface area (Å²) in [7, 11) is 0. The minimum Gasteiger partial charge on any atom is -0.489 e. The van der Waals surface area contributed by atoms with Crippen LogP contribution in [0.3, 0.4) is 0 Å². The van der Waals surface area contributed by atoms with Gasteiger partial charge in [-0.15, -0.1) is 0 Å². The van der Waals surface area contributed by atoms with Crippen LogP contribution in [0.5, 0.6) is 11.5 Å². The quantitative estimate of drug-likeness (QED) is 0.453. The van der Waals surface area contributed by atoms with Crippen molar-refractivity contribution in [1.29, 1.82) is 0 Å². The summed E-state index contributed by atoms with van der Waals surface area (Å²) in [6.07, 6.45) is 1.55. The van der Waals surface area contributed by atoms with Gasteiger partial charge in [0, 0.05) is 5.02 Å². The van der Waals surface area contributed by atoms with Gasteiger partial charge in [0.1, 0.15) is 18.1 Å². The van der Waals surface area contributed by atoms with Gasteiger partial charge in [0.05, 0.1) is 6.21 Å². The first-order valence-electron chi connectivity index (χ1n) is 8.66. The number of benzene rings is 3. The summed E-state index contributed by atoms with van der Waals surface area (Å²) in [5.41, 5.74) is 4.36. The molecule has 3 rings (SSSR count). The van der Waals surface area contributed by atoms with Crippen LogP contribution in [-0.2, 0) is 11.4 Å². The molecule has 0 spiro atoms. The highest BCUT2D eigenvalue weighted by atomic mass is 35.5. The fraction of sp³-hybridized carbons (Fsp3) is 0.0909. The highest BCUT2D eigenvalue weighted by molar-refractivity contribution is 6.30. The lowest BCUT2D eigenvalue weighted by molar-refractivity contribution is -0.123. The molecule has 0 fully saturated rings. The molecule has 0 bridgehead atoms. The zero-order chi connectivity index (χ0) is 19.6. The number of hydrogen-bond acceptors (Lipinski definition) is 4. The lowest BCUT2D eigenvalue weighted by Gasteiger charge is -2.06. The molecule has 0 unspecified atom stereocenters. The average Bonchev–Trinajstić information content (AvgIpc) is 2.72. The minimum atomic E-state index is -0.362. The Bertz CT molecular complexity index is 928. The molecule has 1 N–H and O–H groups in total. The molecule has 0 aliphatic rings. The maximum absolute atomic E-state index is 11.8. The van der Waals surface area contributed by atoms with Crippen molar-refractivity contribution in [2.45, 2.75) is 6.61 Å². The molecule has 3 aromatic carbocycles. The smallest absolute Gasteiger partial charge is 0.277 e. The summed E-state index contributed by atoms with van der Waals surface area (Å²) in [6.45, 7) is 0.362. The molecule has 3 aromatic rings. The van der Waals surface area contributed by atoms with E-state index < -0.39 is 0 Å². The SMILES string of the molecule is O=C(COc1cccc(Cl)c1)N/N=C/c1ccc(OCc2ccccc2)cc1. The third-order valence-electron chi connectivity index (χ3n) is 3.70. The van der Waals surface area contributed by atoms with E-state index in [2.05, 4.69) is 10.5 Å². The second-order valence-electron chi connectivity index (χ2n) is 5.88. The first-order chi connectivity index (χ1) is 13.7. The Hall–Kier alpha value is -3.31. The first-order valence-corrected chi connectivity index (χ1v) is 9.04. The van der Waals surface area contributed by atoms with Crippen LogP contribution in [0.15, 0.2) is 84.0 Å². The molecule has 0 aliphatic carbocycles. The molecule has 0 saturated heterocycles. The van der Waals surface area contributed by atoms with Gasteiger partial charge in [0.25, 0.3) is 5.91 Å². The van der Waals surface area contributed by atoms with E-state index >= 15 is 0 Å². The lowest BCUT2D eigenvalue weighted by Crippen LogP contribution is -2.24. The largest absolute Gasteiger partial charge is 0.489 e. The summed E-state index contributed by atoms with van der Waals surface area (Å²) in [4.78, 5) is 11.8. The van der Waals surface area contributed by atoms with Gasteiger partial charge in [-0.3, -0.25) is 4.79 Å². The van der Waals surface area contributed by atoms with Crippen molar-refractivity contribution in [3.05, 3.63) is 95.0 Å². The summed E-state index contributed by atoms with van der Waals surface area (Å²) in [6, 6.07) is 24.2. The summed E-state index contributed by atoms with van der Waals surface area (Å²) in [5, 5.41) is 4.47. The van der Waals surface area contributed by atoms with E-state index in [-0.39, 0.29) is 12.5 Å². The van der Waals surface area contributed by atoms with Crippen LogP contribution in [0.25, 0.3) is 0 Å². The van der Waals surface area contributed by atoms with Crippen LogP contribution in [-0.4, -0.2) is 18.7 Å². The number of rotatable bonds is 8. The number of ether oxygens (including phenoxy) is 2. The van der Waals surface area contributed by atoms with E-state index in [0.29, 0.717) is 17.4 Å². The fourth-order valence-corrected chi connectivity index (χ4v) is 2.49. The maximum atomic E-state index is 11.8. The Kier molecular flexibility index (Phi) is 7.04. The molecule has 6 heteroatoms. The van der Waals surface area contributed by atoms with Gasteiger partial charge in [-0.1, -0.05) is 48.0 Å². The summed E-state index contributed by atoms with van der Waals surface area (Å²) >= 11 is 5.86. The molecule has 1 amide bonds. The second kappa shape index (κ2) is 10.1. The lowest BCUT2D eigenvalue weighted by atomic mass is 10.2. The number of hydrazone groups is 1. The molecule has 5 nitrogen and oxygen atoms in total. The third-order valence-corrected chi connectivity index (χ3v) is 3.93. The van der Waals surface area contributed by atoms with E-state index in [9.17, 15) is 4.79 Å². The van der Waals surface area contributed by atoms with E-state index in [1.807, 2.05) is 54.6 Å². The molecule has 0 aliphatic heterocycles. The van der Waals surface area contributed by atoms with Crippen molar-refractivity contribution in [2.24, 2.45) is 5.10 Å². The highest BCUT2D eigenvalue weighted by Gasteiger charge is 2.02. The molecule has 142 valence electrons. The molecule has 0 aromatic heterocycles. The Balaban J connectivity index is 1.42. The van der Waals surface area contributed by atoms with Crippen molar-refractivity contribution in [1.82, 2.24) is 5.43 Å². The standard InChI is InChI=1S/C22H19ClN2O3/c23-19-7-4-8-21(13-19)28-16-22(26)25-24-14-17-9-11-20(12-10-17)27-15-18-5-2-1-3-6-18/h1-14H,15-16H2,(H,25,26)/b24-14+. The Morgan fingerprint density at radius 2 is 1.71 bits per heavy atom. The maximum Gasteiger partial charge on any atom is 0.277 e. The average molecular weight is 395 g/mol. The molecular weight excluding hydrogens is 376 g/mol. The van der Waals surface area contributed by atoms with Gasteiger partial charge in [-0.25, -0.2) is 5.43 Å². The minimum absolute atomic E-state index is 0.149. The molecule has 0 heterocycles. The molecule has 0 saturated carbocycles. The number of carbonyl (C=O) groups excluding carboxylic acids is 1. The number of halogens is 1. The van der Waals surface area contributed by atoms with Crippen LogP contribution in [0.4, 0.5) is 0 Å². The van der Waals surface area contributed by atoms with Crippen molar-refractivity contribution in [3.63, 3.8) is 0 Å². The van der Waals surface area contributed by atoms with Crippen LogP contribution in [0, 0.1) is 0 Å². The van der Waals surface area contributed by atoms with E-state index in [1.54, 1.807) is 30.5 Å². The van der Waals surface area contributed by atoms with Gasteiger partial charge >= 0.3 is 0 Å². The normalized spacial score (nSPS) is 10.6.